The monoisotopic (exact) mass is 233 g/mol. The SMILES string of the molecule is Nc1ccc2c(Cl)csc2c1C(F)F. The fourth-order valence-electron chi connectivity index (χ4n) is 1.33. The van der Waals surface area contributed by atoms with Gasteiger partial charge in [-0.15, -0.1) is 11.3 Å². The van der Waals surface area contributed by atoms with E-state index in [9.17, 15) is 8.78 Å². The summed E-state index contributed by atoms with van der Waals surface area (Å²) in [5.41, 5.74) is 5.49. The number of anilines is 1. The van der Waals surface area contributed by atoms with Gasteiger partial charge in [0.15, 0.2) is 0 Å². The molecule has 1 aromatic carbocycles. The van der Waals surface area contributed by atoms with Crippen LogP contribution in [0.2, 0.25) is 5.02 Å². The van der Waals surface area contributed by atoms with Gasteiger partial charge >= 0.3 is 0 Å². The Morgan fingerprint density at radius 1 is 1.36 bits per heavy atom. The molecule has 2 rings (SSSR count). The lowest BCUT2D eigenvalue weighted by Crippen LogP contribution is -1.94. The zero-order valence-corrected chi connectivity index (χ0v) is 8.50. The van der Waals surface area contributed by atoms with Crippen molar-refractivity contribution in [1.82, 2.24) is 0 Å². The van der Waals surface area contributed by atoms with Gasteiger partial charge in [0, 0.05) is 21.2 Å². The summed E-state index contributed by atoms with van der Waals surface area (Å²) < 4.78 is 25.8. The van der Waals surface area contributed by atoms with Crippen LogP contribution in [0.5, 0.6) is 0 Å². The predicted molar refractivity (Wildman–Crippen MR) is 56.2 cm³/mol. The molecule has 0 amide bonds. The lowest BCUT2D eigenvalue weighted by molar-refractivity contribution is 0.154. The van der Waals surface area contributed by atoms with Gasteiger partial charge in [0.2, 0.25) is 0 Å². The number of rotatable bonds is 1. The highest BCUT2D eigenvalue weighted by atomic mass is 35.5. The van der Waals surface area contributed by atoms with Crippen LogP contribution in [0.15, 0.2) is 17.5 Å². The molecule has 74 valence electrons. The zero-order chi connectivity index (χ0) is 10.3. The molecule has 0 spiro atoms. The van der Waals surface area contributed by atoms with Gasteiger partial charge in [-0.25, -0.2) is 8.78 Å². The van der Waals surface area contributed by atoms with Crippen molar-refractivity contribution in [3.05, 3.63) is 28.1 Å². The highest BCUT2D eigenvalue weighted by Crippen LogP contribution is 2.39. The number of hydrogen-bond donors (Lipinski definition) is 1. The third kappa shape index (κ3) is 1.35. The lowest BCUT2D eigenvalue weighted by atomic mass is 10.1. The first kappa shape index (κ1) is 9.68. The molecule has 1 nitrogen and oxygen atoms in total. The van der Waals surface area contributed by atoms with Crippen molar-refractivity contribution < 1.29 is 8.78 Å². The van der Waals surface area contributed by atoms with Gasteiger partial charge in [0.1, 0.15) is 0 Å². The van der Waals surface area contributed by atoms with Crippen molar-refractivity contribution in [3.63, 3.8) is 0 Å². The number of benzene rings is 1. The second kappa shape index (κ2) is 3.37. The van der Waals surface area contributed by atoms with Crippen LogP contribution < -0.4 is 5.73 Å². The fraction of sp³-hybridized carbons (Fsp3) is 0.111. The summed E-state index contributed by atoms with van der Waals surface area (Å²) in [6, 6.07) is 3.12. The average molecular weight is 234 g/mol. The van der Waals surface area contributed by atoms with Crippen LogP contribution in [0, 0.1) is 0 Å². The Morgan fingerprint density at radius 3 is 2.71 bits per heavy atom. The third-order valence-electron chi connectivity index (χ3n) is 1.99. The van der Waals surface area contributed by atoms with Crippen LogP contribution in [0.3, 0.4) is 0 Å². The molecule has 0 saturated carbocycles. The molecule has 14 heavy (non-hydrogen) atoms. The fourth-order valence-corrected chi connectivity index (χ4v) is 2.66. The van der Waals surface area contributed by atoms with E-state index in [-0.39, 0.29) is 11.3 Å². The topological polar surface area (TPSA) is 26.0 Å². The van der Waals surface area contributed by atoms with E-state index < -0.39 is 6.43 Å². The van der Waals surface area contributed by atoms with Gasteiger partial charge in [-0.1, -0.05) is 11.6 Å². The van der Waals surface area contributed by atoms with E-state index >= 15 is 0 Å². The number of thiophene rings is 1. The van der Waals surface area contributed by atoms with Crippen LogP contribution in [-0.2, 0) is 0 Å². The Labute approximate surface area is 88.1 Å². The highest BCUT2D eigenvalue weighted by Gasteiger charge is 2.17. The zero-order valence-electron chi connectivity index (χ0n) is 6.93. The minimum Gasteiger partial charge on any atom is -0.398 e. The van der Waals surface area contributed by atoms with Crippen molar-refractivity contribution >= 4 is 38.7 Å². The molecular weight excluding hydrogens is 228 g/mol. The largest absolute Gasteiger partial charge is 0.398 e. The quantitative estimate of drug-likeness (QED) is 0.738. The van der Waals surface area contributed by atoms with E-state index in [1.807, 2.05) is 0 Å². The number of fused-ring (bicyclic) bond motifs is 1. The second-order valence-electron chi connectivity index (χ2n) is 2.83. The van der Waals surface area contributed by atoms with Crippen molar-refractivity contribution in [2.24, 2.45) is 0 Å². The summed E-state index contributed by atoms with van der Waals surface area (Å²) in [7, 11) is 0. The van der Waals surface area contributed by atoms with E-state index in [2.05, 4.69) is 0 Å². The molecule has 0 aliphatic rings. The number of nitrogens with two attached hydrogens (primary N) is 1. The molecule has 2 aromatic rings. The molecule has 5 heteroatoms. The third-order valence-corrected chi connectivity index (χ3v) is 3.46. The smallest absolute Gasteiger partial charge is 0.267 e. The summed E-state index contributed by atoms with van der Waals surface area (Å²) in [6.07, 6.45) is -2.56. The standard InChI is InChI=1S/C9H6ClF2NS/c10-5-3-14-8-4(5)1-2-6(13)7(8)9(11)12/h1-3,9H,13H2. The summed E-state index contributed by atoms with van der Waals surface area (Å²) in [6.45, 7) is 0. The van der Waals surface area contributed by atoms with Gasteiger partial charge in [-0.2, -0.15) is 0 Å². The minimum atomic E-state index is -2.56. The lowest BCUT2D eigenvalue weighted by Gasteiger charge is -2.05. The Kier molecular flexibility index (Phi) is 2.33. The number of nitrogen functional groups attached to an aromatic ring is 1. The predicted octanol–water partition coefficient (Wildman–Crippen LogP) is 4.07. The molecule has 0 radical (unpaired) electrons. The van der Waals surface area contributed by atoms with Gasteiger partial charge in [0.25, 0.3) is 6.43 Å². The molecule has 0 fully saturated rings. The molecule has 1 aromatic heterocycles. The number of hydrogen-bond acceptors (Lipinski definition) is 2. The number of alkyl halides is 2. The van der Waals surface area contributed by atoms with Crippen LogP contribution in [0.25, 0.3) is 10.1 Å². The molecule has 0 unspecified atom stereocenters. The molecule has 1 heterocycles. The molecule has 0 atom stereocenters. The van der Waals surface area contributed by atoms with Crippen molar-refractivity contribution in [3.8, 4) is 0 Å². The molecule has 0 saturated heterocycles. The van der Waals surface area contributed by atoms with E-state index in [4.69, 9.17) is 17.3 Å². The molecule has 0 aliphatic heterocycles. The van der Waals surface area contributed by atoms with Gasteiger partial charge < -0.3 is 5.73 Å². The van der Waals surface area contributed by atoms with Crippen molar-refractivity contribution in [2.45, 2.75) is 6.43 Å². The Hall–Kier alpha value is -0.870. The Balaban J connectivity index is 2.83. The minimum absolute atomic E-state index is 0.112. The summed E-state index contributed by atoms with van der Waals surface area (Å²) in [4.78, 5) is 0. The Morgan fingerprint density at radius 2 is 2.07 bits per heavy atom. The number of halogens is 3. The van der Waals surface area contributed by atoms with Crippen LogP contribution in [-0.4, -0.2) is 0 Å². The van der Waals surface area contributed by atoms with E-state index in [1.54, 1.807) is 11.4 Å². The summed E-state index contributed by atoms with van der Waals surface area (Å²) in [5, 5.41) is 2.77. The van der Waals surface area contributed by atoms with Gasteiger partial charge in [-0.05, 0) is 12.1 Å². The maximum Gasteiger partial charge on any atom is 0.267 e. The van der Waals surface area contributed by atoms with Crippen molar-refractivity contribution in [1.29, 1.82) is 0 Å². The maximum absolute atomic E-state index is 12.7. The molecule has 0 aliphatic carbocycles. The van der Waals surface area contributed by atoms with Crippen LogP contribution >= 0.6 is 22.9 Å². The van der Waals surface area contributed by atoms with Crippen molar-refractivity contribution in [2.75, 3.05) is 5.73 Å². The summed E-state index contributed by atoms with van der Waals surface area (Å²) in [5.74, 6) is 0. The first-order valence-electron chi connectivity index (χ1n) is 3.84. The normalized spacial score (nSPS) is 11.4. The van der Waals surface area contributed by atoms with Crippen LogP contribution in [0.4, 0.5) is 14.5 Å². The summed E-state index contributed by atoms with van der Waals surface area (Å²) >= 11 is 7.02. The molecule has 0 bridgehead atoms. The first-order chi connectivity index (χ1) is 6.61. The van der Waals surface area contributed by atoms with Gasteiger partial charge in [-0.3, -0.25) is 0 Å². The van der Waals surface area contributed by atoms with E-state index in [1.165, 1.54) is 17.4 Å². The average Bonchev–Trinajstić information content (AvgIpc) is 2.47. The van der Waals surface area contributed by atoms with Gasteiger partial charge in [0.05, 0.1) is 10.6 Å². The highest BCUT2D eigenvalue weighted by molar-refractivity contribution is 7.18. The maximum atomic E-state index is 12.7. The van der Waals surface area contributed by atoms with E-state index in [0.717, 1.165) is 0 Å². The first-order valence-corrected chi connectivity index (χ1v) is 5.10. The van der Waals surface area contributed by atoms with Crippen LogP contribution in [0.1, 0.15) is 12.0 Å². The van der Waals surface area contributed by atoms with E-state index in [0.29, 0.717) is 15.1 Å². The molecule has 2 N–H and O–H groups in total. The second-order valence-corrected chi connectivity index (χ2v) is 4.12. The molecular formula is C9H6ClF2NS. The Bertz CT molecular complexity index is 481.